The predicted molar refractivity (Wildman–Crippen MR) is 109 cm³/mol. The van der Waals surface area contributed by atoms with Crippen LogP contribution >= 0.6 is 22.9 Å². The molecule has 0 saturated heterocycles. The number of aryl methyl sites for hydroxylation is 1. The minimum absolute atomic E-state index is 0.0742. The third-order valence-electron chi connectivity index (χ3n) is 4.31. The molecule has 146 valence electrons. The van der Waals surface area contributed by atoms with E-state index < -0.39 is 10.8 Å². The molecule has 1 amide bonds. The van der Waals surface area contributed by atoms with Gasteiger partial charge in [0.15, 0.2) is 4.96 Å². The van der Waals surface area contributed by atoms with Gasteiger partial charge in [0.2, 0.25) is 0 Å². The number of hydrogen-bond acceptors (Lipinski definition) is 5. The number of imidazole rings is 1. The van der Waals surface area contributed by atoms with E-state index in [1.807, 2.05) is 0 Å². The van der Waals surface area contributed by atoms with Crippen molar-refractivity contribution in [2.75, 3.05) is 5.32 Å². The van der Waals surface area contributed by atoms with Crippen LogP contribution in [0.4, 0.5) is 15.8 Å². The van der Waals surface area contributed by atoms with Gasteiger partial charge in [-0.2, -0.15) is 0 Å². The maximum atomic E-state index is 13.1. The molecule has 0 unspecified atom stereocenters. The SMILES string of the molecule is Cc1c(C(=O)Nc2ccc([N+](=O)[O-])cc2Cl)sc2nc(-c3ccc(F)cc3)cn12. The number of fused-ring (bicyclic) bond motifs is 1. The Morgan fingerprint density at radius 1 is 1.28 bits per heavy atom. The number of carbonyl (C=O) groups excluding carboxylic acids is 1. The fourth-order valence-corrected chi connectivity index (χ4v) is 4.04. The van der Waals surface area contributed by atoms with Crippen molar-refractivity contribution >= 4 is 45.2 Å². The molecule has 2 aromatic heterocycles. The molecule has 0 saturated carbocycles. The van der Waals surface area contributed by atoms with E-state index in [1.54, 1.807) is 29.7 Å². The molecule has 0 aliphatic heterocycles. The highest BCUT2D eigenvalue weighted by molar-refractivity contribution is 7.19. The van der Waals surface area contributed by atoms with Crippen LogP contribution < -0.4 is 5.32 Å². The van der Waals surface area contributed by atoms with Crippen molar-refractivity contribution in [3.05, 3.63) is 80.2 Å². The summed E-state index contributed by atoms with van der Waals surface area (Å²) in [6, 6.07) is 9.84. The van der Waals surface area contributed by atoms with Gasteiger partial charge in [-0.05, 0) is 37.3 Å². The quantitative estimate of drug-likeness (QED) is 0.350. The number of benzene rings is 2. The Labute approximate surface area is 172 Å². The number of aromatic nitrogens is 2. The van der Waals surface area contributed by atoms with E-state index in [9.17, 15) is 19.3 Å². The van der Waals surface area contributed by atoms with Crippen molar-refractivity contribution in [3.63, 3.8) is 0 Å². The average molecular weight is 431 g/mol. The summed E-state index contributed by atoms with van der Waals surface area (Å²) in [5.74, 6) is -0.716. The Morgan fingerprint density at radius 3 is 2.62 bits per heavy atom. The molecule has 0 fully saturated rings. The Hall–Kier alpha value is -3.30. The van der Waals surface area contributed by atoms with E-state index in [0.717, 1.165) is 5.56 Å². The maximum absolute atomic E-state index is 13.1. The summed E-state index contributed by atoms with van der Waals surface area (Å²) in [5, 5.41) is 13.5. The smallest absolute Gasteiger partial charge is 0.271 e. The van der Waals surface area contributed by atoms with Crippen LogP contribution in [0.1, 0.15) is 15.4 Å². The van der Waals surface area contributed by atoms with Gasteiger partial charge in [0, 0.05) is 29.6 Å². The van der Waals surface area contributed by atoms with Crippen LogP contribution in [0.25, 0.3) is 16.2 Å². The Balaban J connectivity index is 1.62. The molecule has 10 heteroatoms. The molecule has 0 atom stereocenters. The molecule has 29 heavy (non-hydrogen) atoms. The minimum atomic E-state index is -0.561. The molecule has 7 nitrogen and oxygen atoms in total. The summed E-state index contributed by atoms with van der Waals surface area (Å²) in [7, 11) is 0. The van der Waals surface area contributed by atoms with Gasteiger partial charge in [0.25, 0.3) is 11.6 Å². The number of nitro groups is 1. The molecule has 0 aliphatic rings. The first-order chi connectivity index (χ1) is 13.8. The van der Waals surface area contributed by atoms with Gasteiger partial charge in [0.1, 0.15) is 10.7 Å². The number of amides is 1. The van der Waals surface area contributed by atoms with E-state index in [2.05, 4.69) is 10.3 Å². The summed E-state index contributed by atoms with van der Waals surface area (Å²) < 4.78 is 14.9. The minimum Gasteiger partial charge on any atom is -0.320 e. The standard InChI is InChI=1S/C19H12ClFN4O3S/c1-10-17(18(26)22-15-7-6-13(25(27)28)8-14(15)20)29-19-23-16(9-24(10)19)11-2-4-12(21)5-3-11/h2-9H,1H3,(H,22,26). The highest BCUT2D eigenvalue weighted by Gasteiger charge is 2.20. The normalized spacial score (nSPS) is 11.0. The van der Waals surface area contributed by atoms with Crippen molar-refractivity contribution in [3.8, 4) is 11.3 Å². The summed E-state index contributed by atoms with van der Waals surface area (Å²) >= 11 is 7.24. The third-order valence-corrected chi connectivity index (χ3v) is 5.78. The zero-order valence-electron chi connectivity index (χ0n) is 14.8. The molecular formula is C19H12ClFN4O3S. The fourth-order valence-electron chi connectivity index (χ4n) is 2.82. The van der Waals surface area contributed by atoms with Crippen LogP contribution in [0.3, 0.4) is 0 Å². The second kappa shape index (κ2) is 7.26. The zero-order valence-corrected chi connectivity index (χ0v) is 16.4. The van der Waals surface area contributed by atoms with Crippen molar-refractivity contribution in [1.29, 1.82) is 0 Å². The molecule has 0 bridgehead atoms. The van der Waals surface area contributed by atoms with Crippen LogP contribution in [-0.4, -0.2) is 20.2 Å². The Kier molecular flexibility index (Phi) is 4.77. The molecule has 0 spiro atoms. The number of rotatable bonds is 4. The molecule has 2 aromatic carbocycles. The molecule has 4 rings (SSSR count). The van der Waals surface area contributed by atoms with Gasteiger partial charge in [-0.25, -0.2) is 9.37 Å². The molecule has 2 heterocycles. The van der Waals surface area contributed by atoms with Gasteiger partial charge in [0.05, 0.1) is 21.3 Å². The van der Waals surface area contributed by atoms with Crippen LogP contribution in [0.5, 0.6) is 0 Å². The Bertz CT molecular complexity index is 1270. The van der Waals surface area contributed by atoms with Crippen LogP contribution in [-0.2, 0) is 0 Å². The number of halogens is 2. The zero-order chi connectivity index (χ0) is 20.7. The number of non-ortho nitro benzene ring substituents is 1. The van der Waals surface area contributed by atoms with E-state index in [-0.39, 0.29) is 22.2 Å². The number of nitrogens with one attached hydrogen (secondary N) is 1. The lowest BCUT2D eigenvalue weighted by Gasteiger charge is -2.06. The second-order valence-corrected chi connectivity index (χ2v) is 7.56. The van der Waals surface area contributed by atoms with Crippen LogP contribution in [0.2, 0.25) is 5.02 Å². The second-order valence-electron chi connectivity index (χ2n) is 6.18. The van der Waals surface area contributed by atoms with E-state index in [0.29, 0.717) is 21.2 Å². The van der Waals surface area contributed by atoms with Gasteiger partial charge < -0.3 is 5.32 Å². The molecule has 1 N–H and O–H groups in total. The first kappa shape index (κ1) is 19.0. The molecular weight excluding hydrogens is 419 g/mol. The number of anilines is 1. The topological polar surface area (TPSA) is 89.5 Å². The average Bonchev–Trinajstić information content (AvgIpc) is 3.23. The van der Waals surface area contributed by atoms with E-state index >= 15 is 0 Å². The first-order valence-electron chi connectivity index (χ1n) is 8.33. The van der Waals surface area contributed by atoms with Gasteiger partial charge in [-0.3, -0.25) is 19.3 Å². The number of carbonyl (C=O) groups is 1. The highest BCUT2D eigenvalue weighted by Crippen LogP contribution is 2.30. The van der Waals surface area contributed by atoms with Gasteiger partial charge in [-0.15, -0.1) is 0 Å². The number of hydrogen-bond donors (Lipinski definition) is 1. The maximum Gasteiger partial charge on any atom is 0.271 e. The number of nitrogens with zero attached hydrogens (tertiary/aromatic N) is 3. The lowest BCUT2D eigenvalue weighted by Crippen LogP contribution is -2.12. The van der Waals surface area contributed by atoms with Crippen LogP contribution in [0.15, 0.2) is 48.7 Å². The molecule has 0 radical (unpaired) electrons. The van der Waals surface area contributed by atoms with Gasteiger partial charge in [-0.1, -0.05) is 22.9 Å². The fraction of sp³-hybridized carbons (Fsp3) is 0.0526. The predicted octanol–water partition coefficient (Wildman–Crippen LogP) is 5.32. The van der Waals surface area contributed by atoms with E-state index in [1.165, 1.54) is 41.7 Å². The lowest BCUT2D eigenvalue weighted by molar-refractivity contribution is -0.384. The number of thiazole rings is 1. The number of nitro benzene ring substituents is 1. The van der Waals surface area contributed by atoms with E-state index in [4.69, 9.17) is 11.6 Å². The third kappa shape index (κ3) is 3.57. The molecule has 4 aromatic rings. The summed E-state index contributed by atoms with van der Waals surface area (Å²) in [4.78, 5) is 28.5. The van der Waals surface area contributed by atoms with Crippen LogP contribution in [0, 0.1) is 22.9 Å². The van der Waals surface area contributed by atoms with Crippen molar-refractivity contribution < 1.29 is 14.1 Å². The highest BCUT2D eigenvalue weighted by atomic mass is 35.5. The first-order valence-corrected chi connectivity index (χ1v) is 9.52. The summed E-state index contributed by atoms with van der Waals surface area (Å²) in [5.41, 5.74) is 2.24. The lowest BCUT2D eigenvalue weighted by atomic mass is 10.2. The van der Waals surface area contributed by atoms with Crippen molar-refractivity contribution in [2.45, 2.75) is 6.92 Å². The Morgan fingerprint density at radius 2 is 2.00 bits per heavy atom. The monoisotopic (exact) mass is 430 g/mol. The summed E-state index contributed by atoms with van der Waals surface area (Å²) in [6.45, 7) is 1.78. The summed E-state index contributed by atoms with van der Waals surface area (Å²) in [6.07, 6.45) is 1.78. The van der Waals surface area contributed by atoms with Crippen molar-refractivity contribution in [1.82, 2.24) is 9.38 Å². The largest absolute Gasteiger partial charge is 0.320 e. The molecule has 0 aliphatic carbocycles. The van der Waals surface area contributed by atoms with Crippen molar-refractivity contribution in [2.24, 2.45) is 0 Å². The van der Waals surface area contributed by atoms with Gasteiger partial charge >= 0.3 is 0 Å².